The van der Waals surface area contributed by atoms with E-state index in [1.165, 1.54) is 13.8 Å². The van der Waals surface area contributed by atoms with Crippen molar-refractivity contribution in [1.29, 1.82) is 0 Å². The SMILES string of the molecule is Cc1[nH]ncc1CCCNC(=O)C(C)(C)C(=O)O. The Hall–Kier alpha value is -1.85. The first-order valence-corrected chi connectivity index (χ1v) is 5.86. The summed E-state index contributed by atoms with van der Waals surface area (Å²) in [6, 6.07) is 0. The van der Waals surface area contributed by atoms with Crippen LogP contribution in [-0.4, -0.2) is 33.7 Å². The first kappa shape index (κ1) is 14.2. The maximum absolute atomic E-state index is 11.6. The highest BCUT2D eigenvalue weighted by atomic mass is 16.4. The molecule has 0 aliphatic carbocycles. The molecule has 0 atom stereocenters. The third-order valence-electron chi connectivity index (χ3n) is 2.95. The number of carboxylic acids is 1. The zero-order valence-corrected chi connectivity index (χ0v) is 10.9. The zero-order chi connectivity index (χ0) is 13.8. The molecule has 0 radical (unpaired) electrons. The zero-order valence-electron chi connectivity index (χ0n) is 10.9. The van der Waals surface area contributed by atoms with Gasteiger partial charge in [-0.25, -0.2) is 0 Å². The maximum Gasteiger partial charge on any atom is 0.318 e. The molecule has 0 aliphatic heterocycles. The molecule has 1 aromatic heterocycles. The lowest BCUT2D eigenvalue weighted by Crippen LogP contribution is -2.42. The Morgan fingerprint density at radius 3 is 2.67 bits per heavy atom. The smallest absolute Gasteiger partial charge is 0.318 e. The highest BCUT2D eigenvalue weighted by Crippen LogP contribution is 2.15. The summed E-state index contributed by atoms with van der Waals surface area (Å²) in [6.07, 6.45) is 3.32. The van der Waals surface area contributed by atoms with Gasteiger partial charge in [-0.15, -0.1) is 0 Å². The van der Waals surface area contributed by atoms with Gasteiger partial charge in [-0.2, -0.15) is 5.10 Å². The van der Waals surface area contributed by atoms with Crippen LogP contribution >= 0.6 is 0 Å². The Bertz CT molecular complexity index is 438. The van der Waals surface area contributed by atoms with Gasteiger partial charge < -0.3 is 10.4 Å². The average molecular weight is 253 g/mol. The molecule has 3 N–H and O–H groups in total. The van der Waals surface area contributed by atoms with Crippen LogP contribution in [-0.2, 0) is 16.0 Å². The van der Waals surface area contributed by atoms with Crippen LogP contribution in [0.5, 0.6) is 0 Å². The van der Waals surface area contributed by atoms with Crippen molar-refractivity contribution in [3.05, 3.63) is 17.5 Å². The molecule has 100 valence electrons. The van der Waals surface area contributed by atoms with Gasteiger partial charge in [0.1, 0.15) is 5.41 Å². The molecule has 0 saturated heterocycles. The van der Waals surface area contributed by atoms with Gasteiger partial charge in [-0.05, 0) is 39.2 Å². The number of aryl methyl sites for hydroxylation is 2. The topological polar surface area (TPSA) is 95.1 Å². The van der Waals surface area contributed by atoms with E-state index in [0.717, 1.165) is 24.1 Å². The number of carbonyl (C=O) groups is 2. The van der Waals surface area contributed by atoms with E-state index < -0.39 is 17.3 Å². The quantitative estimate of drug-likeness (QED) is 0.518. The Morgan fingerprint density at radius 1 is 1.50 bits per heavy atom. The van der Waals surface area contributed by atoms with E-state index in [4.69, 9.17) is 5.11 Å². The molecule has 6 heteroatoms. The first-order chi connectivity index (χ1) is 8.35. The van der Waals surface area contributed by atoms with Crippen LogP contribution in [0, 0.1) is 12.3 Å². The first-order valence-electron chi connectivity index (χ1n) is 5.86. The molecule has 1 aromatic rings. The fourth-order valence-corrected chi connectivity index (χ4v) is 1.43. The fraction of sp³-hybridized carbons (Fsp3) is 0.583. The molecular formula is C12H19N3O3. The van der Waals surface area contributed by atoms with Gasteiger partial charge >= 0.3 is 5.97 Å². The highest BCUT2D eigenvalue weighted by molar-refractivity contribution is 6.00. The molecule has 0 unspecified atom stereocenters. The minimum absolute atomic E-state index is 0.458. The number of amides is 1. The lowest BCUT2D eigenvalue weighted by atomic mass is 9.92. The normalized spacial score (nSPS) is 11.3. The Balaban J connectivity index is 2.33. The molecule has 0 fully saturated rings. The molecule has 18 heavy (non-hydrogen) atoms. The average Bonchev–Trinajstić information content (AvgIpc) is 2.69. The molecule has 0 aromatic carbocycles. The van der Waals surface area contributed by atoms with Gasteiger partial charge in [0, 0.05) is 12.2 Å². The van der Waals surface area contributed by atoms with E-state index in [2.05, 4.69) is 15.5 Å². The van der Waals surface area contributed by atoms with Crippen molar-refractivity contribution in [2.75, 3.05) is 6.54 Å². The summed E-state index contributed by atoms with van der Waals surface area (Å²) in [6.45, 7) is 5.18. The van der Waals surface area contributed by atoms with E-state index in [9.17, 15) is 9.59 Å². The molecule has 6 nitrogen and oxygen atoms in total. The lowest BCUT2D eigenvalue weighted by Gasteiger charge is -2.18. The van der Waals surface area contributed by atoms with Crippen molar-refractivity contribution >= 4 is 11.9 Å². The van der Waals surface area contributed by atoms with E-state index in [-0.39, 0.29) is 0 Å². The molecule has 0 saturated carbocycles. The predicted octanol–water partition coefficient (Wildman–Crippen LogP) is 0.878. The number of rotatable bonds is 6. The van der Waals surface area contributed by atoms with Crippen LogP contribution in [0.25, 0.3) is 0 Å². The summed E-state index contributed by atoms with van der Waals surface area (Å²) >= 11 is 0. The van der Waals surface area contributed by atoms with Crippen molar-refractivity contribution in [3.63, 3.8) is 0 Å². The summed E-state index contributed by atoms with van der Waals surface area (Å²) in [5.41, 5.74) is 0.750. The van der Waals surface area contributed by atoms with Crippen LogP contribution in [0.2, 0.25) is 0 Å². The molecule has 1 rings (SSSR count). The maximum atomic E-state index is 11.6. The Kier molecular flexibility index (Phi) is 4.47. The predicted molar refractivity (Wildman–Crippen MR) is 66.1 cm³/mol. The lowest BCUT2D eigenvalue weighted by molar-refractivity contribution is -0.153. The van der Waals surface area contributed by atoms with Crippen LogP contribution in [0.1, 0.15) is 31.5 Å². The third kappa shape index (κ3) is 3.32. The Labute approximate surface area is 106 Å². The van der Waals surface area contributed by atoms with Gasteiger partial charge in [0.2, 0.25) is 5.91 Å². The summed E-state index contributed by atoms with van der Waals surface area (Å²) < 4.78 is 0. The molecule has 1 heterocycles. The van der Waals surface area contributed by atoms with E-state index in [1.54, 1.807) is 6.20 Å². The molecular weight excluding hydrogens is 234 g/mol. The largest absolute Gasteiger partial charge is 0.480 e. The van der Waals surface area contributed by atoms with E-state index >= 15 is 0 Å². The van der Waals surface area contributed by atoms with E-state index in [0.29, 0.717) is 6.54 Å². The number of hydrogen-bond acceptors (Lipinski definition) is 3. The second-order valence-corrected chi connectivity index (χ2v) is 4.81. The van der Waals surface area contributed by atoms with Gasteiger partial charge in [0.15, 0.2) is 0 Å². The van der Waals surface area contributed by atoms with Crippen LogP contribution < -0.4 is 5.32 Å². The number of nitrogens with zero attached hydrogens (tertiary/aromatic N) is 1. The molecule has 0 aliphatic rings. The standard InChI is InChI=1S/C12H19N3O3/c1-8-9(7-14-15-8)5-4-6-13-10(16)12(2,3)11(17)18/h7H,4-6H2,1-3H3,(H,13,16)(H,14,15)(H,17,18). The fourth-order valence-electron chi connectivity index (χ4n) is 1.43. The van der Waals surface area contributed by atoms with Crippen molar-refractivity contribution in [1.82, 2.24) is 15.5 Å². The number of carboxylic acid groups (broad SMARTS) is 1. The van der Waals surface area contributed by atoms with Crippen LogP contribution in [0.4, 0.5) is 0 Å². The number of hydrogen-bond donors (Lipinski definition) is 3. The summed E-state index contributed by atoms with van der Waals surface area (Å²) in [5.74, 6) is -1.58. The molecule has 1 amide bonds. The van der Waals surface area contributed by atoms with E-state index in [1.807, 2.05) is 6.92 Å². The van der Waals surface area contributed by atoms with Crippen molar-refractivity contribution in [2.24, 2.45) is 5.41 Å². The second kappa shape index (κ2) is 5.66. The number of aliphatic carboxylic acids is 1. The Morgan fingerprint density at radius 2 is 2.17 bits per heavy atom. The third-order valence-corrected chi connectivity index (χ3v) is 2.95. The van der Waals surface area contributed by atoms with Crippen molar-refractivity contribution in [2.45, 2.75) is 33.6 Å². The minimum Gasteiger partial charge on any atom is -0.480 e. The number of H-pyrrole nitrogens is 1. The van der Waals surface area contributed by atoms with Crippen LogP contribution in [0.15, 0.2) is 6.20 Å². The number of aromatic amines is 1. The highest BCUT2D eigenvalue weighted by Gasteiger charge is 2.35. The summed E-state index contributed by atoms with van der Waals surface area (Å²) in [4.78, 5) is 22.5. The number of aromatic nitrogens is 2. The van der Waals surface area contributed by atoms with Crippen molar-refractivity contribution in [3.8, 4) is 0 Å². The van der Waals surface area contributed by atoms with Gasteiger partial charge in [0.25, 0.3) is 0 Å². The number of nitrogens with one attached hydrogen (secondary N) is 2. The second-order valence-electron chi connectivity index (χ2n) is 4.81. The molecule has 0 spiro atoms. The van der Waals surface area contributed by atoms with Gasteiger partial charge in [-0.1, -0.05) is 0 Å². The minimum atomic E-state index is -1.38. The molecule has 0 bridgehead atoms. The number of carbonyl (C=O) groups excluding carboxylic acids is 1. The van der Waals surface area contributed by atoms with Gasteiger partial charge in [0.05, 0.1) is 6.20 Å². The monoisotopic (exact) mass is 253 g/mol. The summed E-state index contributed by atoms with van der Waals surface area (Å²) in [5, 5.41) is 18.3. The van der Waals surface area contributed by atoms with Gasteiger partial charge in [-0.3, -0.25) is 14.7 Å². The summed E-state index contributed by atoms with van der Waals surface area (Å²) in [7, 11) is 0. The van der Waals surface area contributed by atoms with Crippen LogP contribution in [0.3, 0.4) is 0 Å². The van der Waals surface area contributed by atoms with Crippen molar-refractivity contribution < 1.29 is 14.7 Å².